The third-order valence-corrected chi connectivity index (χ3v) is 6.49. The molecule has 1 atom stereocenters. The largest absolute Gasteiger partial charge is 0.475 e. The zero-order chi connectivity index (χ0) is 22.9. The van der Waals surface area contributed by atoms with Gasteiger partial charge in [-0.05, 0) is 31.2 Å². The van der Waals surface area contributed by atoms with E-state index in [2.05, 4.69) is 25.9 Å². The number of pyridine rings is 1. The second-order valence-corrected chi connectivity index (χ2v) is 9.02. The summed E-state index contributed by atoms with van der Waals surface area (Å²) in [7, 11) is 1.60. The summed E-state index contributed by atoms with van der Waals surface area (Å²) >= 11 is 7.60. The molecule has 3 N–H and O–H groups in total. The van der Waals surface area contributed by atoms with Gasteiger partial charge in [0.1, 0.15) is 22.5 Å². The first kappa shape index (κ1) is 21.6. The lowest BCUT2D eigenvalue weighted by Gasteiger charge is -2.11. The van der Waals surface area contributed by atoms with Crippen molar-refractivity contribution in [2.45, 2.75) is 13.0 Å². The Labute approximate surface area is 198 Å². The van der Waals surface area contributed by atoms with Gasteiger partial charge in [-0.2, -0.15) is 4.98 Å². The van der Waals surface area contributed by atoms with Gasteiger partial charge in [-0.3, -0.25) is 4.79 Å². The molecule has 1 aromatic carbocycles. The van der Waals surface area contributed by atoms with Crippen LogP contribution in [0.5, 0.6) is 5.88 Å². The normalized spacial score (nSPS) is 15.6. The Balaban J connectivity index is 1.48. The topological polar surface area (TPSA) is 110 Å². The molecule has 170 valence electrons. The van der Waals surface area contributed by atoms with Gasteiger partial charge in [-0.15, -0.1) is 11.3 Å². The fourth-order valence-electron chi connectivity index (χ4n) is 3.67. The number of rotatable bonds is 6. The Kier molecular flexibility index (Phi) is 5.88. The van der Waals surface area contributed by atoms with Crippen LogP contribution < -0.4 is 20.7 Å². The lowest BCUT2D eigenvalue weighted by Crippen LogP contribution is -2.34. The number of halogens is 1. The van der Waals surface area contributed by atoms with Crippen LogP contribution in [0.1, 0.15) is 16.6 Å². The van der Waals surface area contributed by atoms with Crippen LogP contribution in [0, 0.1) is 0 Å². The van der Waals surface area contributed by atoms with Gasteiger partial charge in [0.15, 0.2) is 0 Å². The Morgan fingerprint density at radius 3 is 2.94 bits per heavy atom. The van der Waals surface area contributed by atoms with Crippen molar-refractivity contribution in [2.24, 2.45) is 0 Å². The van der Waals surface area contributed by atoms with E-state index >= 15 is 0 Å². The van der Waals surface area contributed by atoms with Crippen molar-refractivity contribution in [1.82, 2.24) is 20.3 Å². The summed E-state index contributed by atoms with van der Waals surface area (Å²) in [6.07, 6.45) is 0. The van der Waals surface area contributed by atoms with Crippen LogP contribution in [0.2, 0.25) is 5.15 Å². The molecule has 1 aliphatic heterocycles. The number of methoxy groups -OCH3 is 1. The van der Waals surface area contributed by atoms with E-state index in [-0.39, 0.29) is 23.1 Å². The summed E-state index contributed by atoms with van der Waals surface area (Å²) in [5, 5.41) is 11.7. The second-order valence-electron chi connectivity index (χ2n) is 7.58. The van der Waals surface area contributed by atoms with E-state index < -0.39 is 0 Å². The van der Waals surface area contributed by atoms with Crippen LogP contribution in [0.15, 0.2) is 30.3 Å². The number of carbonyl (C=O) groups excluding carboxylic acids is 1. The maximum Gasteiger partial charge on any atom is 0.263 e. The SMILES string of the molecule is COCCOc1cc(Cl)nc(Nc2ccc3c(ccc4sc5c(c43)NC[C@H](C)NC5=O)n2)n1. The first-order valence-electron chi connectivity index (χ1n) is 10.4. The molecule has 11 heteroatoms. The van der Waals surface area contributed by atoms with Gasteiger partial charge in [0.25, 0.3) is 5.91 Å². The first-order chi connectivity index (χ1) is 16.0. The minimum atomic E-state index is -0.0512. The number of hydrogen-bond acceptors (Lipinski definition) is 9. The molecule has 1 amide bonds. The lowest BCUT2D eigenvalue weighted by molar-refractivity contribution is 0.0949. The number of ether oxygens (including phenoxy) is 2. The molecular formula is C22H21ClN6O3S. The number of anilines is 3. The molecule has 4 heterocycles. The molecule has 3 aromatic heterocycles. The summed E-state index contributed by atoms with van der Waals surface area (Å²) in [5.41, 5.74) is 1.65. The summed E-state index contributed by atoms with van der Waals surface area (Å²) in [6, 6.07) is 9.35. The first-order valence-corrected chi connectivity index (χ1v) is 11.6. The molecule has 0 fully saturated rings. The van der Waals surface area contributed by atoms with Crippen molar-refractivity contribution in [3.8, 4) is 5.88 Å². The van der Waals surface area contributed by atoms with Crippen LogP contribution in [-0.2, 0) is 4.74 Å². The Morgan fingerprint density at radius 2 is 2.09 bits per heavy atom. The molecule has 0 spiro atoms. The molecule has 4 aromatic rings. The fraction of sp³-hybridized carbons (Fsp3) is 0.273. The van der Waals surface area contributed by atoms with E-state index in [1.807, 2.05) is 31.2 Å². The highest BCUT2D eigenvalue weighted by molar-refractivity contribution is 7.21. The summed E-state index contributed by atoms with van der Waals surface area (Å²) < 4.78 is 11.6. The van der Waals surface area contributed by atoms with Crippen LogP contribution in [0.3, 0.4) is 0 Å². The van der Waals surface area contributed by atoms with Crippen molar-refractivity contribution in [3.05, 3.63) is 40.4 Å². The highest BCUT2D eigenvalue weighted by Crippen LogP contribution is 2.41. The van der Waals surface area contributed by atoms with E-state index in [4.69, 9.17) is 26.1 Å². The fourth-order valence-corrected chi connectivity index (χ4v) is 4.94. The van der Waals surface area contributed by atoms with Gasteiger partial charge >= 0.3 is 0 Å². The van der Waals surface area contributed by atoms with Gasteiger partial charge in [-0.1, -0.05) is 11.6 Å². The molecule has 9 nitrogen and oxygen atoms in total. The van der Waals surface area contributed by atoms with E-state index in [0.717, 1.165) is 26.7 Å². The maximum atomic E-state index is 12.6. The van der Waals surface area contributed by atoms with Crippen molar-refractivity contribution < 1.29 is 14.3 Å². The van der Waals surface area contributed by atoms with Crippen LogP contribution in [0.4, 0.5) is 17.5 Å². The average molecular weight is 485 g/mol. The van der Waals surface area contributed by atoms with E-state index in [9.17, 15) is 4.79 Å². The van der Waals surface area contributed by atoms with Gasteiger partial charge in [0.2, 0.25) is 11.8 Å². The molecule has 0 unspecified atom stereocenters. The maximum absolute atomic E-state index is 12.6. The number of amides is 1. The number of hydrogen-bond donors (Lipinski definition) is 3. The lowest BCUT2D eigenvalue weighted by atomic mass is 10.1. The van der Waals surface area contributed by atoms with E-state index in [0.29, 0.717) is 36.3 Å². The minimum absolute atomic E-state index is 0.0512. The van der Waals surface area contributed by atoms with Gasteiger partial charge in [0, 0.05) is 41.2 Å². The van der Waals surface area contributed by atoms with Gasteiger partial charge in [-0.25, -0.2) is 9.97 Å². The zero-order valence-electron chi connectivity index (χ0n) is 17.9. The molecular weight excluding hydrogens is 464 g/mol. The molecule has 33 heavy (non-hydrogen) atoms. The Bertz CT molecular complexity index is 1360. The molecule has 1 aliphatic rings. The van der Waals surface area contributed by atoms with Crippen LogP contribution >= 0.6 is 22.9 Å². The number of carbonyl (C=O) groups is 1. The average Bonchev–Trinajstić information content (AvgIpc) is 3.10. The van der Waals surface area contributed by atoms with Crippen molar-refractivity contribution in [1.29, 1.82) is 0 Å². The zero-order valence-corrected chi connectivity index (χ0v) is 19.5. The van der Waals surface area contributed by atoms with Crippen LogP contribution in [-0.4, -0.2) is 53.8 Å². The number of fused-ring (bicyclic) bond motifs is 5. The molecule has 5 rings (SSSR count). The number of nitrogens with zero attached hydrogens (tertiary/aromatic N) is 3. The molecule has 0 saturated carbocycles. The van der Waals surface area contributed by atoms with Crippen LogP contribution in [0.25, 0.3) is 21.0 Å². The van der Waals surface area contributed by atoms with Gasteiger partial charge in [0.05, 0.1) is 17.8 Å². The smallest absolute Gasteiger partial charge is 0.263 e. The summed E-state index contributed by atoms with van der Waals surface area (Å²) in [6.45, 7) is 3.43. The third-order valence-electron chi connectivity index (χ3n) is 5.14. The van der Waals surface area contributed by atoms with Gasteiger partial charge < -0.3 is 25.4 Å². The standard InChI is InChI=1S/C22H21ClN6O3S/c1-11-10-24-19-18-12-3-6-16(26-13(12)4-5-14(18)33-20(19)21(30)25-11)28-22-27-15(23)9-17(29-22)32-8-7-31-2/h3-6,9,11,24H,7-8,10H2,1-2H3,(H,25,30)(H,26,27,28,29)/t11-/m0/s1. The quantitative estimate of drug-likeness (QED) is 0.276. The summed E-state index contributed by atoms with van der Waals surface area (Å²) in [5.74, 6) is 1.13. The number of benzene rings is 1. The van der Waals surface area contributed by atoms with Crippen molar-refractivity contribution in [2.75, 3.05) is 37.5 Å². The molecule has 0 radical (unpaired) electrons. The second kappa shape index (κ2) is 8.97. The highest BCUT2D eigenvalue weighted by atomic mass is 35.5. The predicted octanol–water partition coefficient (Wildman–Crippen LogP) is 4.21. The van der Waals surface area contributed by atoms with E-state index in [1.54, 1.807) is 13.2 Å². The monoisotopic (exact) mass is 484 g/mol. The van der Waals surface area contributed by atoms with Crippen molar-refractivity contribution in [3.63, 3.8) is 0 Å². The Morgan fingerprint density at radius 1 is 1.21 bits per heavy atom. The third kappa shape index (κ3) is 4.37. The number of nitrogens with one attached hydrogen (secondary N) is 3. The number of aromatic nitrogens is 3. The number of thiophene rings is 1. The highest BCUT2D eigenvalue weighted by Gasteiger charge is 2.24. The Hall–Kier alpha value is -3.21. The van der Waals surface area contributed by atoms with E-state index in [1.165, 1.54) is 11.3 Å². The van der Waals surface area contributed by atoms with Crippen molar-refractivity contribution >= 4 is 67.3 Å². The predicted molar refractivity (Wildman–Crippen MR) is 130 cm³/mol. The molecule has 0 bridgehead atoms. The minimum Gasteiger partial charge on any atom is -0.475 e. The molecule has 0 saturated heterocycles. The summed E-state index contributed by atoms with van der Waals surface area (Å²) in [4.78, 5) is 26.6. The molecule has 0 aliphatic carbocycles.